The van der Waals surface area contributed by atoms with Gasteiger partial charge in [0, 0.05) is 0 Å². The maximum atomic E-state index is 2.25. The predicted molar refractivity (Wildman–Crippen MR) is 87.3 cm³/mol. The topological polar surface area (TPSA) is 0 Å². The Morgan fingerprint density at radius 1 is 0.947 bits per heavy atom. The van der Waals surface area contributed by atoms with Crippen LogP contribution in [0.4, 0.5) is 0 Å². The maximum Gasteiger partial charge on any atom is -0.0260 e. The SMILES string of the molecule is CC=CC=CCCCCc1ccc(C=CCC)cc1. The summed E-state index contributed by atoms with van der Waals surface area (Å²) >= 11 is 0. The Labute approximate surface area is 118 Å². The Balaban J connectivity index is 2.24. The average molecular weight is 254 g/mol. The Morgan fingerprint density at radius 3 is 2.42 bits per heavy atom. The lowest BCUT2D eigenvalue weighted by molar-refractivity contribution is 0.747. The van der Waals surface area contributed by atoms with Gasteiger partial charge in [0.1, 0.15) is 0 Å². The second-order valence-corrected chi connectivity index (χ2v) is 4.75. The van der Waals surface area contributed by atoms with Crippen LogP contribution in [0.15, 0.2) is 54.6 Å². The number of hydrogen-bond donors (Lipinski definition) is 0. The van der Waals surface area contributed by atoms with Crippen LogP contribution < -0.4 is 0 Å². The molecule has 0 aliphatic rings. The minimum Gasteiger partial charge on any atom is -0.0877 e. The largest absolute Gasteiger partial charge is 0.0877 e. The van der Waals surface area contributed by atoms with Gasteiger partial charge >= 0.3 is 0 Å². The van der Waals surface area contributed by atoms with Gasteiger partial charge in [-0.25, -0.2) is 0 Å². The van der Waals surface area contributed by atoms with Crippen molar-refractivity contribution in [3.63, 3.8) is 0 Å². The van der Waals surface area contributed by atoms with Crippen LogP contribution in [0.3, 0.4) is 0 Å². The molecular formula is C19H26. The number of allylic oxidation sites excluding steroid dienone is 5. The molecule has 0 heteroatoms. The normalized spacial score (nSPS) is 12.1. The monoisotopic (exact) mass is 254 g/mol. The molecule has 0 atom stereocenters. The van der Waals surface area contributed by atoms with Gasteiger partial charge in [0.25, 0.3) is 0 Å². The second kappa shape index (κ2) is 10.4. The van der Waals surface area contributed by atoms with Crippen molar-refractivity contribution >= 4 is 6.08 Å². The van der Waals surface area contributed by atoms with Crippen molar-refractivity contribution in [2.24, 2.45) is 0 Å². The van der Waals surface area contributed by atoms with Crippen molar-refractivity contribution in [3.05, 3.63) is 65.8 Å². The second-order valence-electron chi connectivity index (χ2n) is 4.75. The molecule has 1 rings (SSSR count). The number of aryl methyl sites for hydroxylation is 1. The van der Waals surface area contributed by atoms with E-state index in [1.807, 2.05) is 6.92 Å². The summed E-state index contributed by atoms with van der Waals surface area (Å²) in [7, 11) is 0. The highest BCUT2D eigenvalue weighted by molar-refractivity contribution is 5.49. The van der Waals surface area contributed by atoms with Crippen molar-refractivity contribution in [1.82, 2.24) is 0 Å². The molecule has 0 amide bonds. The van der Waals surface area contributed by atoms with E-state index in [1.54, 1.807) is 0 Å². The van der Waals surface area contributed by atoms with Crippen LogP contribution in [-0.4, -0.2) is 0 Å². The lowest BCUT2D eigenvalue weighted by atomic mass is 10.0. The van der Waals surface area contributed by atoms with Crippen molar-refractivity contribution in [2.75, 3.05) is 0 Å². The molecule has 0 aromatic heterocycles. The van der Waals surface area contributed by atoms with E-state index in [9.17, 15) is 0 Å². The third kappa shape index (κ3) is 7.46. The fourth-order valence-corrected chi connectivity index (χ4v) is 1.93. The molecule has 0 radical (unpaired) electrons. The summed E-state index contributed by atoms with van der Waals surface area (Å²) in [6.45, 7) is 4.21. The highest BCUT2D eigenvalue weighted by Gasteiger charge is 1.93. The molecule has 0 aliphatic heterocycles. The molecule has 0 N–H and O–H groups in total. The third-order valence-electron chi connectivity index (χ3n) is 3.05. The Kier molecular flexibility index (Phi) is 8.46. The molecule has 0 saturated heterocycles. The van der Waals surface area contributed by atoms with E-state index in [0.29, 0.717) is 0 Å². The molecule has 0 heterocycles. The van der Waals surface area contributed by atoms with E-state index in [2.05, 4.69) is 67.6 Å². The first-order valence-electron chi connectivity index (χ1n) is 7.40. The van der Waals surface area contributed by atoms with Gasteiger partial charge in [-0.1, -0.05) is 67.6 Å². The smallest absolute Gasteiger partial charge is 0.0260 e. The molecule has 0 nitrogen and oxygen atoms in total. The van der Waals surface area contributed by atoms with Crippen LogP contribution in [0.2, 0.25) is 0 Å². The van der Waals surface area contributed by atoms with Crippen LogP contribution >= 0.6 is 0 Å². The summed E-state index contributed by atoms with van der Waals surface area (Å²) in [6, 6.07) is 8.94. The Hall–Kier alpha value is -1.56. The third-order valence-corrected chi connectivity index (χ3v) is 3.05. The molecule has 0 saturated carbocycles. The number of hydrogen-bond acceptors (Lipinski definition) is 0. The first-order valence-corrected chi connectivity index (χ1v) is 7.40. The first-order chi connectivity index (χ1) is 9.36. The summed E-state index contributed by atoms with van der Waals surface area (Å²) in [5.41, 5.74) is 2.76. The highest BCUT2D eigenvalue weighted by atomic mass is 14.0. The zero-order valence-corrected chi connectivity index (χ0v) is 12.3. The van der Waals surface area contributed by atoms with Crippen molar-refractivity contribution in [2.45, 2.75) is 46.0 Å². The molecule has 19 heavy (non-hydrogen) atoms. The quantitative estimate of drug-likeness (QED) is 0.397. The average Bonchev–Trinajstić information content (AvgIpc) is 2.45. The molecule has 1 aromatic rings. The molecule has 0 unspecified atom stereocenters. The van der Waals surface area contributed by atoms with Crippen LogP contribution in [-0.2, 0) is 6.42 Å². The fourth-order valence-electron chi connectivity index (χ4n) is 1.93. The minimum absolute atomic E-state index is 1.10. The van der Waals surface area contributed by atoms with Crippen LogP contribution in [0.5, 0.6) is 0 Å². The van der Waals surface area contributed by atoms with Crippen LogP contribution in [0, 0.1) is 0 Å². The Morgan fingerprint density at radius 2 is 1.74 bits per heavy atom. The zero-order valence-electron chi connectivity index (χ0n) is 12.3. The van der Waals surface area contributed by atoms with Gasteiger partial charge in [-0.05, 0) is 50.2 Å². The van der Waals surface area contributed by atoms with Gasteiger partial charge in [-0.15, -0.1) is 0 Å². The van der Waals surface area contributed by atoms with Crippen molar-refractivity contribution < 1.29 is 0 Å². The molecule has 0 aliphatic carbocycles. The molecule has 0 fully saturated rings. The number of unbranched alkanes of at least 4 members (excludes halogenated alkanes) is 2. The molecule has 102 valence electrons. The zero-order chi connectivity index (χ0) is 13.8. The first kappa shape index (κ1) is 15.5. The summed E-state index contributed by atoms with van der Waals surface area (Å²) in [5.74, 6) is 0. The Bertz CT molecular complexity index is 404. The van der Waals surface area contributed by atoms with E-state index in [1.165, 1.54) is 36.8 Å². The predicted octanol–water partition coefficient (Wildman–Crippen LogP) is 5.95. The fraction of sp³-hybridized carbons (Fsp3) is 0.368. The van der Waals surface area contributed by atoms with Gasteiger partial charge in [-0.2, -0.15) is 0 Å². The number of benzene rings is 1. The van der Waals surface area contributed by atoms with E-state index >= 15 is 0 Å². The summed E-state index contributed by atoms with van der Waals surface area (Å²) < 4.78 is 0. The molecule has 0 spiro atoms. The van der Waals surface area contributed by atoms with Crippen LogP contribution in [0.1, 0.15) is 50.7 Å². The maximum absolute atomic E-state index is 2.25. The molecule has 0 bridgehead atoms. The summed E-state index contributed by atoms with van der Waals surface area (Å²) in [5, 5.41) is 0. The van der Waals surface area contributed by atoms with E-state index < -0.39 is 0 Å². The lowest BCUT2D eigenvalue weighted by Gasteiger charge is -2.01. The van der Waals surface area contributed by atoms with Crippen molar-refractivity contribution in [3.8, 4) is 0 Å². The van der Waals surface area contributed by atoms with Crippen LogP contribution in [0.25, 0.3) is 6.08 Å². The number of rotatable bonds is 8. The highest BCUT2D eigenvalue weighted by Crippen LogP contribution is 2.10. The van der Waals surface area contributed by atoms with Gasteiger partial charge in [0.2, 0.25) is 0 Å². The molecular weight excluding hydrogens is 228 g/mol. The van der Waals surface area contributed by atoms with E-state index in [0.717, 1.165) is 6.42 Å². The summed E-state index contributed by atoms with van der Waals surface area (Å²) in [6.07, 6.45) is 18.9. The lowest BCUT2D eigenvalue weighted by Crippen LogP contribution is -1.85. The van der Waals surface area contributed by atoms with Gasteiger partial charge < -0.3 is 0 Å². The van der Waals surface area contributed by atoms with E-state index in [-0.39, 0.29) is 0 Å². The van der Waals surface area contributed by atoms with Crippen molar-refractivity contribution in [1.29, 1.82) is 0 Å². The minimum atomic E-state index is 1.10. The van der Waals surface area contributed by atoms with Gasteiger partial charge in [0.05, 0.1) is 0 Å². The molecule has 1 aromatic carbocycles. The van der Waals surface area contributed by atoms with E-state index in [4.69, 9.17) is 0 Å². The van der Waals surface area contributed by atoms with Gasteiger partial charge in [-0.3, -0.25) is 0 Å². The standard InChI is InChI=1S/C19H26/c1-3-5-7-8-9-10-11-13-19-16-14-18(15-17-19)12-6-4-2/h3,5-8,12,14-17H,4,9-11,13H2,1-2H3. The van der Waals surface area contributed by atoms with Gasteiger partial charge in [0.15, 0.2) is 0 Å². The summed E-state index contributed by atoms with van der Waals surface area (Å²) in [4.78, 5) is 0.